The van der Waals surface area contributed by atoms with Gasteiger partial charge in [-0.15, -0.1) is 0 Å². The van der Waals surface area contributed by atoms with Crippen molar-refractivity contribution in [2.75, 3.05) is 31.1 Å². The number of anilines is 1. The van der Waals surface area contributed by atoms with Crippen LogP contribution in [0.3, 0.4) is 0 Å². The molecular weight excluding hydrogens is 328 g/mol. The van der Waals surface area contributed by atoms with Gasteiger partial charge in [-0.25, -0.2) is 4.79 Å². The lowest BCUT2D eigenvalue weighted by Gasteiger charge is -2.37. The molecule has 0 unspecified atom stereocenters. The highest BCUT2D eigenvalue weighted by molar-refractivity contribution is 5.69. The van der Waals surface area contributed by atoms with Gasteiger partial charge in [0, 0.05) is 19.6 Å². The van der Waals surface area contributed by atoms with Crippen molar-refractivity contribution in [2.45, 2.75) is 65.5 Å². The highest BCUT2D eigenvalue weighted by atomic mass is 16.6. The van der Waals surface area contributed by atoms with Gasteiger partial charge in [-0.3, -0.25) is 0 Å². The van der Waals surface area contributed by atoms with Crippen molar-refractivity contribution >= 4 is 11.8 Å². The first kappa shape index (κ1) is 18.9. The monoisotopic (exact) mass is 360 g/mol. The zero-order chi connectivity index (χ0) is 18.9. The van der Waals surface area contributed by atoms with Crippen LogP contribution in [-0.4, -0.2) is 48.9 Å². The second-order valence-electron chi connectivity index (χ2n) is 8.41. The van der Waals surface area contributed by atoms with Gasteiger partial charge in [0.2, 0.25) is 0 Å². The van der Waals surface area contributed by atoms with Crippen molar-refractivity contribution in [3.63, 3.8) is 0 Å². The number of hydrogen-bond acceptors (Lipinski definition) is 4. The number of benzene rings is 1. The molecule has 5 nitrogen and oxygen atoms in total. The molecule has 2 aliphatic heterocycles. The number of hydrogen-bond donors (Lipinski definition) is 0. The van der Waals surface area contributed by atoms with E-state index in [4.69, 9.17) is 9.47 Å². The van der Waals surface area contributed by atoms with Crippen molar-refractivity contribution in [3.8, 4) is 5.75 Å². The van der Waals surface area contributed by atoms with E-state index in [1.807, 2.05) is 25.7 Å². The van der Waals surface area contributed by atoms with Crippen LogP contribution in [0.5, 0.6) is 5.75 Å². The fourth-order valence-electron chi connectivity index (χ4n) is 3.71. The summed E-state index contributed by atoms with van der Waals surface area (Å²) in [5.74, 6) is 0.987. The maximum atomic E-state index is 12.4. The number of ether oxygens (including phenoxy) is 2. The molecule has 0 bridgehead atoms. The van der Waals surface area contributed by atoms with Crippen LogP contribution in [0.15, 0.2) is 12.1 Å². The molecule has 1 aromatic carbocycles. The van der Waals surface area contributed by atoms with Crippen LogP contribution in [0, 0.1) is 0 Å². The van der Waals surface area contributed by atoms with E-state index in [9.17, 15) is 4.79 Å². The molecule has 0 spiro atoms. The van der Waals surface area contributed by atoms with E-state index in [0.717, 1.165) is 38.2 Å². The Kier molecular flexibility index (Phi) is 5.35. The molecule has 1 amide bonds. The molecule has 0 saturated carbocycles. The minimum absolute atomic E-state index is 0.215. The molecule has 0 fully saturated rings. The fourth-order valence-corrected chi connectivity index (χ4v) is 3.71. The van der Waals surface area contributed by atoms with E-state index in [1.54, 1.807) is 0 Å². The SMILES string of the molecule is CCCN1c2cc3c(cc2OC[C@H]1C)CCN(C(=O)OC(C)(C)C)CC3. The first-order chi connectivity index (χ1) is 12.3. The summed E-state index contributed by atoms with van der Waals surface area (Å²) in [7, 11) is 0. The van der Waals surface area contributed by atoms with Crippen molar-refractivity contribution in [2.24, 2.45) is 0 Å². The predicted molar refractivity (Wildman–Crippen MR) is 104 cm³/mol. The van der Waals surface area contributed by atoms with Gasteiger partial charge >= 0.3 is 6.09 Å². The standard InChI is InChI=1S/C21H32N2O3/c1-6-9-23-15(2)14-25-19-13-17-8-11-22(20(24)26-21(3,4)5)10-7-16(17)12-18(19)23/h12-13,15H,6-11,14H2,1-5H3/t15-/m1/s1. The van der Waals surface area contributed by atoms with Crippen LogP contribution in [0.1, 0.15) is 52.2 Å². The molecule has 0 radical (unpaired) electrons. The maximum absolute atomic E-state index is 12.4. The molecule has 0 aromatic heterocycles. The molecule has 1 aromatic rings. The molecule has 3 rings (SSSR count). The number of amides is 1. The Hall–Kier alpha value is -1.91. The predicted octanol–water partition coefficient (Wildman–Crippen LogP) is 4.02. The van der Waals surface area contributed by atoms with E-state index in [0.29, 0.717) is 19.1 Å². The summed E-state index contributed by atoms with van der Waals surface area (Å²) >= 11 is 0. The van der Waals surface area contributed by atoms with Crippen molar-refractivity contribution < 1.29 is 14.3 Å². The third-order valence-corrected chi connectivity index (χ3v) is 5.02. The van der Waals surface area contributed by atoms with Crippen LogP contribution < -0.4 is 9.64 Å². The quantitative estimate of drug-likeness (QED) is 0.799. The zero-order valence-electron chi connectivity index (χ0n) is 16.8. The summed E-state index contributed by atoms with van der Waals surface area (Å²) in [5.41, 5.74) is 3.37. The number of nitrogens with zero attached hydrogens (tertiary/aromatic N) is 2. The Morgan fingerprint density at radius 2 is 1.88 bits per heavy atom. The molecular formula is C21H32N2O3. The fraction of sp³-hybridized carbons (Fsp3) is 0.667. The summed E-state index contributed by atoms with van der Waals surface area (Å²) in [6.07, 6.45) is 2.60. The summed E-state index contributed by atoms with van der Waals surface area (Å²) < 4.78 is 11.6. The Morgan fingerprint density at radius 3 is 2.50 bits per heavy atom. The molecule has 0 N–H and O–H groups in total. The zero-order valence-corrected chi connectivity index (χ0v) is 16.8. The van der Waals surface area contributed by atoms with Gasteiger partial charge < -0.3 is 19.3 Å². The molecule has 26 heavy (non-hydrogen) atoms. The summed E-state index contributed by atoms with van der Waals surface area (Å²) in [6, 6.07) is 4.87. The Morgan fingerprint density at radius 1 is 1.23 bits per heavy atom. The molecule has 2 heterocycles. The lowest BCUT2D eigenvalue weighted by Crippen LogP contribution is -2.41. The summed E-state index contributed by atoms with van der Waals surface area (Å²) in [6.45, 7) is 13.3. The van der Waals surface area contributed by atoms with Gasteiger partial charge in [-0.1, -0.05) is 6.92 Å². The smallest absolute Gasteiger partial charge is 0.410 e. The lowest BCUT2D eigenvalue weighted by molar-refractivity contribution is 0.0258. The normalized spacial score (nSPS) is 20.0. The first-order valence-corrected chi connectivity index (χ1v) is 9.81. The number of rotatable bonds is 2. The third kappa shape index (κ3) is 4.08. The van der Waals surface area contributed by atoms with E-state index < -0.39 is 5.60 Å². The van der Waals surface area contributed by atoms with Crippen molar-refractivity contribution in [1.29, 1.82) is 0 Å². The third-order valence-electron chi connectivity index (χ3n) is 5.02. The minimum atomic E-state index is -0.458. The number of fused-ring (bicyclic) bond motifs is 2. The van der Waals surface area contributed by atoms with Gasteiger partial charge in [0.05, 0.1) is 11.7 Å². The largest absolute Gasteiger partial charge is 0.489 e. The number of carbonyl (C=O) groups excluding carboxylic acids is 1. The van der Waals surface area contributed by atoms with E-state index in [1.165, 1.54) is 16.8 Å². The molecule has 0 saturated heterocycles. The van der Waals surface area contributed by atoms with Crippen LogP contribution >= 0.6 is 0 Å². The van der Waals surface area contributed by atoms with Crippen LogP contribution in [0.25, 0.3) is 0 Å². The molecule has 5 heteroatoms. The van der Waals surface area contributed by atoms with Crippen LogP contribution in [-0.2, 0) is 17.6 Å². The Bertz CT molecular complexity index is 666. The molecule has 2 aliphatic rings. The van der Waals surface area contributed by atoms with Crippen LogP contribution in [0.2, 0.25) is 0 Å². The second-order valence-corrected chi connectivity index (χ2v) is 8.41. The number of carbonyl (C=O) groups is 1. The maximum Gasteiger partial charge on any atom is 0.410 e. The molecule has 1 atom stereocenters. The molecule has 0 aliphatic carbocycles. The van der Waals surface area contributed by atoms with Gasteiger partial charge in [0.1, 0.15) is 18.0 Å². The highest BCUT2D eigenvalue weighted by Gasteiger charge is 2.28. The van der Waals surface area contributed by atoms with Gasteiger partial charge in [-0.05, 0) is 70.2 Å². The van der Waals surface area contributed by atoms with Crippen molar-refractivity contribution in [1.82, 2.24) is 4.90 Å². The topological polar surface area (TPSA) is 42.0 Å². The van der Waals surface area contributed by atoms with Gasteiger partial charge in [0.25, 0.3) is 0 Å². The highest BCUT2D eigenvalue weighted by Crippen LogP contribution is 2.37. The average Bonchev–Trinajstić information content (AvgIpc) is 2.76. The Labute approximate surface area is 157 Å². The average molecular weight is 360 g/mol. The van der Waals surface area contributed by atoms with Gasteiger partial charge in [0.15, 0.2) is 0 Å². The van der Waals surface area contributed by atoms with E-state index in [2.05, 4.69) is 30.9 Å². The lowest BCUT2D eigenvalue weighted by atomic mass is 9.99. The van der Waals surface area contributed by atoms with Crippen molar-refractivity contribution in [3.05, 3.63) is 23.3 Å². The summed E-state index contributed by atoms with van der Waals surface area (Å²) in [4.78, 5) is 16.7. The molecule has 144 valence electrons. The first-order valence-electron chi connectivity index (χ1n) is 9.81. The summed E-state index contributed by atoms with van der Waals surface area (Å²) in [5, 5.41) is 0. The van der Waals surface area contributed by atoms with Crippen LogP contribution in [0.4, 0.5) is 10.5 Å². The Balaban J connectivity index is 1.80. The van der Waals surface area contributed by atoms with Gasteiger partial charge in [-0.2, -0.15) is 0 Å². The minimum Gasteiger partial charge on any atom is -0.489 e. The van der Waals surface area contributed by atoms with E-state index >= 15 is 0 Å². The second kappa shape index (κ2) is 7.37. The van der Waals surface area contributed by atoms with E-state index in [-0.39, 0.29) is 6.09 Å².